The van der Waals surface area contributed by atoms with E-state index in [0.717, 1.165) is 0 Å². The van der Waals surface area contributed by atoms with Crippen molar-refractivity contribution in [3.8, 4) is 0 Å². The van der Waals surface area contributed by atoms with Gasteiger partial charge in [-0.3, -0.25) is 0 Å². The summed E-state index contributed by atoms with van der Waals surface area (Å²) >= 11 is 0. The average molecular weight is 367 g/mol. The molecule has 0 saturated carbocycles. The zero-order valence-corrected chi connectivity index (χ0v) is 16.0. The van der Waals surface area contributed by atoms with Crippen LogP contribution in [0.4, 0.5) is 0 Å². The molecule has 0 aromatic heterocycles. The molecule has 0 spiro atoms. The van der Waals surface area contributed by atoms with E-state index in [4.69, 9.17) is 0 Å². The fourth-order valence-corrected chi connectivity index (χ4v) is 4.72. The van der Waals surface area contributed by atoms with Crippen molar-refractivity contribution >= 4 is 22.4 Å². The molecule has 6 rings (SSSR count). The Morgan fingerprint density at radius 2 is 1.28 bits per heavy atom. The third-order valence-corrected chi connectivity index (χ3v) is 6.15. The van der Waals surface area contributed by atoms with Crippen molar-refractivity contribution in [1.82, 2.24) is 0 Å². The molecule has 2 aliphatic rings. The van der Waals surface area contributed by atoms with Crippen LogP contribution in [0.15, 0.2) is 115 Å². The third kappa shape index (κ3) is 2.39. The minimum atomic E-state index is -0.379. The van der Waals surface area contributed by atoms with Crippen LogP contribution in [0.25, 0.3) is 22.4 Å². The van der Waals surface area contributed by atoms with E-state index in [-0.39, 0.29) is 5.41 Å². The Kier molecular flexibility index (Phi) is 3.48. The van der Waals surface area contributed by atoms with E-state index < -0.39 is 0 Å². The molecule has 0 bridgehead atoms. The number of benzene rings is 4. The molecule has 0 saturated heterocycles. The van der Waals surface area contributed by atoms with E-state index in [9.17, 15) is 0 Å². The van der Waals surface area contributed by atoms with E-state index in [1.165, 1.54) is 43.5 Å². The van der Waals surface area contributed by atoms with Crippen LogP contribution in [0.5, 0.6) is 0 Å². The van der Waals surface area contributed by atoms with E-state index >= 15 is 0 Å². The first-order valence-corrected chi connectivity index (χ1v) is 10.0. The molecule has 0 amide bonds. The molecule has 0 atom stereocenters. The van der Waals surface area contributed by atoms with Crippen LogP contribution in [-0.4, -0.2) is 0 Å². The van der Waals surface area contributed by atoms with Crippen LogP contribution in [0, 0.1) is 6.08 Å². The predicted molar refractivity (Wildman–Crippen MR) is 121 cm³/mol. The van der Waals surface area contributed by atoms with Gasteiger partial charge < -0.3 is 0 Å². The summed E-state index contributed by atoms with van der Waals surface area (Å²) in [6, 6.07) is 34.5. The van der Waals surface area contributed by atoms with Gasteiger partial charge in [0.05, 0.1) is 5.41 Å². The highest BCUT2D eigenvalue weighted by Crippen LogP contribution is 2.41. The van der Waals surface area contributed by atoms with Gasteiger partial charge in [-0.25, -0.2) is 0 Å². The molecule has 135 valence electrons. The summed E-state index contributed by atoms with van der Waals surface area (Å²) in [4.78, 5) is 0. The first-order valence-electron chi connectivity index (χ1n) is 10.0. The molecule has 0 heterocycles. The van der Waals surface area contributed by atoms with E-state index in [1.807, 2.05) is 0 Å². The average Bonchev–Trinajstić information content (AvgIpc) is 3.18. The van der Waals surface area contributed by atoms with Crippen molar-refractivity contribution < 1.29 is 0 Å². The highest BCUT2D eigenvalue weighted by Gasteiger charge is 2.33. The normalized spacial score (nSPS) is 16.1. The maximum absolute atomic E-state index is 3.77. The summed E-state index contributed by atoms with van der Waals surface area (Å²) in [6.07, 6.45) is 10.7. The largest absolute Gasteiger partial charge is 0.0644 e. The second-order valence-corrected chi connectivity index (χ2v) is 7.73. The monoisotopic (exact) mass is 367 g/mol. The zero-order valence-electron chi connectivity index (χ0n) is 16.0. The molecular formula is C29H19. The quantitative estimate of drug-likeness (QED) is 0.464. The van der Waals surface area contributed by atoms with Crippen molar-refractivity contribution in [2.75, 3.05) is 0 Å². The molecule has 0 unspecified atom stereocenters. The molecule has 2 aliphatic carbocycles. The highest BCUT2D eigenvalue weighted by atomic mass is 14.3. The molecule has 0 fully saturated rings. The number of fused-ring (bicyclic) bond motifs is 4. The van der Waals surface area contributed by atoms with Gasteiger partial charge in [0, 0.05) is 0 Å². The summed E-state index contributed by atoms with van der Waals surface area (Å²) in [6.45, 7) is 0. The van der Waals surface area contributed by atoms with Gasteiger partial charge in [-0.2, -0.15) is 0 Å². The third-order valence-electron chi connectivity index (χ3n) is 6.15. The first kappa shape index (κ1) is 16.3. The van der Waals surface area contributed by atoms with Gasteiger partial charge in [-0.05, 0) is 61.7 Å². The molecule has 29 heavy (non-hydrogen) atoms. The maximum Gasteiger partial charge on any atom is 0.0644 e. The second kappa shape index (κ2) is 6.18. The Bertz CT molecular complexity index is 1380. The van der Waals surface area contributed by atoms with Crippen LogP contribution in [0.1, 0.15) is 11.1 Å². The molecule has 0 nitrogen and oxygen atoms in total. The lowest BCUT2D eigenvalue weighted by Gasteiger charge is -2.32. The summed E-state index contributed by atoms with van der Waals surface area (Å²) in [5, 5.41) is 5.22. The van der Waals surface area contributed by atoms with Gasteiger partial charge in [0.2, 0.25) is 0 Å². The fraction of sp³-hybridized carbons (Fsp3) is 0.0345. The van der Waals surface area contributed by atoms with Gasteiger partial charge in [-0.15, -0.1) is 0 Å². The summed E-state index contributed by atoms with van der Waals surface area (Å²) in [5.41, 5.74) is 4.65. The van der Waals surface area contributed by atoms with E-state index in [1.54, 1.807) is 0 Å². The van der Waals surface area contributed by atoms with Crippen molar-refractivity contribution in [1.29, 1.82) is 0 Å². The zero-order chi connectivity index (χ0) is 19.3. The Hall–Kier alpha value is -3.64. The molecule has 0 aliphatic heterocycles. The van der Waals surface area contributed by atoms with E-state index in [0.29, 0.717) is 0 Å². The number of allylic oxidation sites excluding steroid dienone is 4. The molecule has 1 radical (unpaired) electrons. The Labute approximate surface area is 170 Å². The van der Waals surface area contributed by atoms with Crippen molar-refractivity contribution in [2.45, 2.75) is 5.41 Å². The van der Waals surface area contributed by atoms with E-state index in [2.05, 4.69) is 121 Å². The Balaban J connectivity index is 1.66. The lowest BCUT2D eigenvalue weighted by atomic mass is 9.70. The van der Waals surface area contributed by atoms with Gasteiger partial charge in [0.15, 0.2) is 0 Å². The van der Waals surface area contributed by atoms with Crippen LogP contribution < -0.4 is 10.4 Å². The van der Waals surface area contributed by atoms with Gasteiger partial charge in [-0.1, -0.05) is 103 Å². The summed E-state index contributed by atoms with van der Waals surface area (Å²) in [7, 11) is 0. The van der Waals surface area contributed by atoms with Gasteiger partial charge in [0.25, 0.3) is 0 Å². The predicted octanol–water partition coefficient (Wildman–Crippen LogP) is 5.07. The fourth-order valence-electron chi connectivity index (χ4n) is 4.72. The lowest BCUT2D eigenvalue weighted by molar-refractivity contribution is 0.783. The molecule has 4 aromatic rings. The molecule has 0 N–H and O–H groups in total. The number of hydrogen-bond acceptors (Lipinski definition) is 0. The maximum atomic E-state index is 3.77. The number of hydrogen-bond donors (Lipinski definition) is 0. The standard InChI is InChI=1S/C29H19/c1-3-10-23(11-4-1)29(24-12-5-2-6-13-24)18-17-26-22(20-29)19-28-25-14-8-7-9-21(25)15-16-27(26)28/h1-17,19-20H. The van der Waals surface area contributed by atoms with Crippen molar-refractivity contribution in [3.05, 3.63) is 142 Å². The first-order chi connectivity index (χ1) is 14.4. The smallest absolute Gasteiger partial charge is 0.0622 e. The van der Waals surface area contributed by atoms with Crippen molar-refractivity contribution in [3.63, 3.8) is 0 Å². The van der Waals surface area contributed by atoms with Crippen LogP contribution >= 0.6 is 0 Å². The second-order valence-electron chi connectivity index (χ2n) is 7.73. The topological polar surface area (TPSA) is 0 Å². The SMILES string of the molecule is [C]1=CC2=c3ccc4ccccc4c3=CC2=CC1(c1ccccc1)c1ccccc1. The van der Waals surface area contributed by atoms with Crippen LogP contribution in [-0.2, 0) is 5.41 Å². The molecule has 0 heteroatoms. The summed E-state index contributed by atoms with van der Waals surface area (Å²) in [5.74, 6) is 0. The van der Waals surface area contributed by atoms with Gasteiger partial charge in [0.1, 0.15) is 0 Å². The minimum absolute atomic E-state index is 0.379. The van der Waals surface area contributed by atoms with Gasteiger partial charge >= 0.3 is 0 Å². The Morgan fingerprint density at radius 1 is 0.621 bits per heavy atom. The van der Waals surface area contributed by atoms with Crippen LogP contribution in [0.3, 0.4) is 0 Å². The molecular weight excluding hydrogens is 348 g/mol. The van der Waals surface area contributed by atoms with Crippen molar-refractivity contribution in [2.24, 2.45) is 0 Å². The highest BCUT2D eigenvalue weighted by molar-refractivity contribution is 5.95. The summed E-state index contributed by atoms with van der Waals surface area (Å²) < 4.78 is 0. The minimum Gasteiger partial charge on any atom is -0.0622 e. The Morgan fingerprint density at radius 3 is 2.00 bits per heavy atom. The molecule has 4 aromatic carbocycles. The number of rotatable bonds is 2. The van der Waals surface area contributed by atoms with Crippen LogP contribution in [0.2, 0.25) is 0 Å². The lowest BCUT2D eigenvalue weighted by Crippen LogP contribution is -2.27.